The summed E-state index contributed by atoms with van der Waals surface area (Å²) in [6.07, 6.45) is -5.74. The SMILES string of the molecule is C.COC(=O)c1cc(F)ccc1C(F)F.O=C(O)c1cc(F)ccc1C(F)F. The van der Waals surface area contributed by atoms with Gasteiger partial charge in [-0.2, -0.15) is 0 Å². The highest BCUT2D eigenvalue weighted by Gasteiger charge is 2.19. The molecule has 0 bridgehead atoms. The summed E-state index contributed by atoms with van der Waals surface area (Å²) >= 11 is 0. The predicted octanol–water partition coefficient (Wildman–Crippen LogP) is 5.65. The molecule has 2 rings (SSSR count). The van der Waals surface area contributed by atoms with E-state index in [1.54, 1.807) is 0 Å². The summed E-state index contributed by atoms with van der Waals surface area (Å²) < 4.78 is 78.3. The third-order valence-corrected chi connectivity index (χ3v) is 3.14. The smallest absolute Gasteiger partial charge is 0.338 e. The van der Waals surface area contributed by atoms with Gasteiger partial charge in [0.1, 0.15) is 11.6 Å². The number of rotatable bonds is 4. The molecule has 10 heteroatoms. The fraction of sp³-hybridized carbons (Fsp3) is 0.222. The van der Waals surface area contributed by atoms with Crippen LogP contribution >= 0.6 is 0 Å². The van der Waals surface area contributed by atoms with Crippen LogP contribution in [-0.4, -0.2) is 24.2 Å². The van der Waals surface area contributed by atoms with Gasteiger partial charge in [-0.25, -0.2) is 35.9 Å². The molecular formula is C18H16F6O4. The van der Waals surface area contributed by atoms with Crippen LogP contribution in [0.5, 0.6) is 0 Å². The molecule has 4 nitrogen and oxygen atoms in total. The Hall–Kier alpha value is -3.04. The highest BCUT2D eigenvalue weighted by atomic mass is 19.3. The van der Waals surface area contributed by atoms with E-state index in [-0.39, 0.29) is 7.43 Å². The molecule has 0 aliphatic carbocycles. The normalized spacial score (nSPS) is 10.0. The van der Waals surface area contributed by atoms with Crippen LogP contribution in [-0.2, 0) is 4.74 Å². The monoisotopic (exact) mass is 410 g/mol. The average molecular weight is 410 g/mol. The molecule has 0 aromatic heterocycles. The number of carbonyl (C=O) groups is 2. The predicted molar refractivity (Wildman–Crippen MR) is 87.7 cm³/mol. The van der Waals surface area contributed by atoms with Crippen molar-refractivity contribution < 1.29 is 45.8 Å². The summed E-state index contributed by atoms with van der Waals surface area (Å²) in [7, 11) is 1.04. The molecule has 0 saturated carbocycles. The fourth-order valence-electron chi connectivity index (χ4n) is 1.91. The van der Waals surface area contributed by atoms with Gasteiger partial charge in [-0.1, -0.05) is 7.43 Å². The molecule has 0 aliphatic heterocycles. The zero-order valence-electron chi connectivity index (χ0n) is 13.6. The Bertz CT molecular complexity index is 824. The summed E-state index contributed by atoms with van der Waals surface area (Å²) in [6, 6.07) is 4.61. The van der Waals surface area contributed by atoms with E-state index >= 15 is 0 Å². The Morgan fingerprint density at radius 3 is 1.61 bits per heavy atom. The maximum absolute atomic E-state index is 12.7. The van der Waals surface area contributed by atoms with E-state index in [0.717, 1.165) is 37.4 Å². The Labute approximate surface area is 156 Å². The van der Waals surface area contributed by atoms with Crippen LogP contribution in [0.4, 0.5) is 26.3 Å². The van der Waals surface area contributed by atoms with Crippen molar-refractivity contribution in [3.8, 4) is 0 Å². The number of aromatic carboxylic acids is 1. The second kappa shape index (κ2) is 11.0. The van der Waals surface area contributed by atoms with E-state index in [4.69, 9.17) is 5.11 Å². The van der Waals surface area contributed by atoms with Gasteiger partial charge in [0.05, 0.1) is 18.2 Å². The minimum atomic E-state index is -2.91. The zero-order valence-corrected chi connectivity index (χ0v) is 13.6. The number of alkyl halides is 4. The van der Waals surface area contributed by atoms with Crippen LogP contribution in [0.1, 0.15) is 52.1 Å². The number of esters is 1. The van der Waals surface area contributed by atoms with Gasteiger partial charge in [0, 0.05) is 11.1 Å². The molecular weight excluding hydrogens is 394 g/mol. The zero-order chi connectivity index (χ0) is 20.7. The van der Waals surface area contributed by atoms with Crippen molar-refractivity contribution in [3.63, 3.8) is 0 Å². The molecule has 154 valence electrons. The molecule has 1 N–H and O–H groups in total. The maximum atomic E-state index is 12.7. The molecule has 0 aliphatic rings. The standard InChI is InChI=1S/C9H7F3O2.C8H5F3O2.CH4/c1-14-9(13)7-4-5(10)2-3-6(7)8(11)12;9-4-1-2-5(7(10)11)6(3-4)8(12)13;/h2-4,8H,1H3;1-3,7H,(H,12,13);1H4. The van der Waals surface area contributed by atoms with Crippen LogP contribution in [0.25, 0.3) is 0 Å². The van der Waals surface area contributed by atoms with E-state index in [1.807, 2.05) is 0 Å². The van der Waals surface area contributed by atoms with Crippen LogP contribution in [0, 0.1) is 11.6 Å². The summed E-state index contributed by atoms with van der Waals surface area (Å²) in [5.41, 5.74) is -2.34. The Balaban J connectivity index is 0.000000504. The van der Waals surface area contributed by atoms with E-state index in [1.165, 1.54) is 0 Å². The third-order valence-electron chi connectivity index (χ3n) is 3.14. The Morgan fingerprint density at radius 2 is 1.25 bits per heavy atom. The molecule has 0 heterocycles. The number of methoxy groups -OCH3 is 1. The Kier molecular flexibility index (Phi) is 9.76. The van der Waals surface area contributed by atoms with Gasteiger partial charge in [0.25, 0.3) is 12.9 Å². The molecule has 0 spiro atoms. The summed E-state index contributed by atoms with van der Waals surface area (Å²) in [4.78, 5) is 21.3. The van der Waals surface area contributed by atoms with E-state index in [9.17, 15) is 35.9 Å². The molecule has 2 aromatic rings. The van der Waals surface area contributed by atoms with Crippen molar-refractivity contribution in [2.45, 2.75) is 20.3 Å². The van der Waals surface area contributed by atoms with Crippen molar-refractivity contribution >= 4 is 11.9 Å². The molecule has 0 atom stereocenters. The lowest BCUT2D eigenvalue weighted by Gasteiger charge is -2.06. The van der Waals surface area contributed by atoms with Gasteiger partial charge in [-0.3, -0.25) is 0 Å². The van der Waals surface area contributed by atoms with Gasteiger partial charge < -0.3 is 9.84 Å². The van der Waals surface area contributed by atoms with Crippen molar-refractivity contribution in [3.05, 3.63) is 70.3 Å². The summed E-state index contributed by atoms with van der Waals surface area (Å²) in [5, 5.41) is 8.44. The van der Waals surface area contributed by atoms with Crippen molar-refractivity contribution in [1.82, 2.24) is 0 Å². The summed E-state index contributed by atoms with van der Waals surface area (Å²) in [6.45, 7) is 0. The lowest BCUT2D eigenvalue weighted by molar-refractivity contribution is 0.0588. The third kappa shape index (κ3) is 6.60. The van der Waals surface area contributed by atoms with Crippen molar-refractivity contribution in [1.29, 1.82) is 0 Å². The highest BCUT2D eigenvalue weighted by molar-refractivity contribution is 5.91. The van der Waals surface area contributed by atoms with Gasteiger partial charge in [-0.15, -0.1) is 0 Å². The lowest BCUT2D eigenvalue weighted by Crippen LogP contribution is -2.06. The first-order valence-electron chi connectivity index (χ1n) is 7.05. The minimum absolute atomic E-state index is 0. The topological polar surface area (TPSA) is 63.6 Å². The van der Waals surface area contributed by atoms with Gasteiger partial charge >= 0.3 is 11.9 Å². The van der Waals surface area contributed by atoms with E-state index < -0.39 is 58.7 Å². The number of carboxylic acids is 1. The number of halogens is 6. The molecule has 0 saturated heterocycles. The van der Waals surface area contributed by atoms with Gasteiger partial charge in [-0.05, 0) is 36.4 Å². The number of hydrogen-bond acceptors (Lipinski definition) is 3. The number of carbonyl (C=O) groups excluding carboxylic acids is 1. The highest BCUT2D eigenvalue weighted by Crippen LogP contribution is 2.24. The van der Waals surface area contributed by atoms with Crippen LogP contribution < -0.4 is 0 Å². The maximum Gasteiger partial charge on any atom is 0.338 e. The second-order valence-corrected chi connectivity index (χ2v) is 4.86. The molecule has 0 unspecified atom stereocenters. The number of hydrogen-bond donors (Lipinski definition) is 1. The van der Waals surface area contributed by atoms with Crippen molar-refractivity contribution in [2.75, 3.05) is 7.11 Å². The first-order chi connectivity index (χ1) is 12.6. The lowest BCUT2D eigenvalue weighted by atomic mass is 10.1. The molecule has 0 radical (unpaired) electrons. The first kappa shape index (κ1) is 25.0. The Morgan fingerprint density at radius 1 is 0.857 bits per heavy atom. The van der Waals surface area contributed by atoms with Crippen LogP contribution in [0.15, 0.2) is 36.4 Å². The van der Waals surface area contributed by atoms with Gasteiger partial charge in [0.2, 0.25) is 0 Å². The van der Waals surface area contributed by atoms with Crippen LogP contribution in [0.2, 0.25) is 0 Å². The molecule has 0 fully saturated rings. The van der Waals surface area contributed by atoms with Gasteiger partial charge in [0.15, 0.2) is 0 Å². The largest absolute Gasteiger partial charge is 0.478 e. The molecule has 2 aromatic carbocycles. The molecule has 28 heavy (non-hydrogen) atoms. The average Bonchev–Trinajstić information content (AvgIpc) is 2.60. The first-order valence-corrected chi connectivity index (χ1v) is 7.05. The van der Waals surface area contributed by atoms with E-state index in [2.05, 4.69) is 4.74 Å². The summed E-state index contributed by atoms with van der Waals surface area (Å²) in [5.74, 6) is -4.13. The van der Waals surface area contributed by atoms with E-state index in [0.29, 0.717) is 6.07 Å². The number of ether oxygens (including phenoxy) is 1. The van der Waals surface area contributed by atoms with Crippen LogP contribution in [0.3, 0.4) is 0 Å². The number of benzene rings is 2. The number of carboxylic acid groups (broad SMARTS) is 1. The molecule has 0 amide bonds. The second-order valence-electron chi connectivity index (χ2n) is 4.86. The van der Waals surface area contributed by atoms with Crippen molar-refractivity contribution in [2.24, 2.45) is 0 Å². The fourth-order valence-corrected chi connectivity index (χ4v) is 1.91. The minimum Gasteiger partial charge on any atom is -0.478 e. The quantitative estimate of drug-likeness (QED) is 0.523.